The van der Waals surface area contributed by atoms with Gasteiger partial charge in [-0.2, -0.15) is 0 Å². The smallest absolute Gasteiger partial charge is 0.0609 e. The van der Waals surface area contributed by atoms with Gasteiger partial charge in [-0.05, 0) is 34.1 Å². The van der Waals surface area contributed by atoms with Crippen molar-refractivity contribution in [1.82, 2.24) is 4.90 Å². The number of nitrogens with zero attached hydrogens (tertiary/aromatic N) is 1. The molecular formula is C12H28N2O2. The van der Waals surface area contributed by atoms with E-state index in [0.717, 1.165) is 19.6 Å². The van der Waals surface area contributed by atoms with Crippen LogP contribution in [0.2, 0.25) is 0 Å². The summed E-state index contributed by atoms with van der Waals surface area (Å²) in [5.74, 6) is 0. The maximum absolute atomic E-state index is 9.17. The molecule has 0 aromatic carbocycles. The highest BCUT2D eigenvalue weighted by Gasteiger charge is 2.25. The van der Waals surface area contributed by atoms with Crippen molar-refractivity contribution in [2.24, 2.45) is 5.73 Å². The Morgan fingerprint density at radius 3 is 2.31 bits per heavy atom. The van der Waals surface area contributed by atoms with Crippen LogP contribution in [-0.2, 0) is 4.74 Å². The Morgan fingerprint density at radius 2 is 1.94 bits per heavy atom. The second-order valence-electron chi connectivity index (χ2n) is 5.19. The number of hydrogen-bond donors (Lipinski definition) is 2. The highest BCUT2D eigenvalue weighted by Crippen LogP contribution is 2.15. The van der Waals surface area contributed by atoms with Crippen LogP contribution in [0.25, 0.3) is 0 Å². The summed E-state index contributed by atoms with van der Waals surface area (Å²) in [4.78, 5) is 2.35. The summed E-state index contributed by atoms with van der Waals surface area (Å²) in [5.41, 5.74) is 5.48. The molecule has 3 N–H and O–H groups in total. The first-order chi connectivity index (χ1) is 7.34. The molecule has 0 saturated heterocycles. The van der Waals surface area contributed by atoms with Crippen molar-refractivity contribution in [3.8, 4) is 0 Å². The molecule has 0 radical (unpaired) electrons. The highest BCUT2D eigenvalue weighted by molar-refractivity contribution is 4.84. The number of hydrogen-bond acceptors (Lipinski definition) is 4. The van der Waals surface area contributed by atoms with Gasteiger partial charge in [-0.25, -0.2) is 0 Å². The second kappa shape index (κ2) is 7.22. The van der Waals surface area contributed by atoms with Gasteiger partial charge in [-0.1, -0.05) is 0 Å². The van der Waals surface area contributed by atoms with Crippen LogP contribution in [0.4, 0.5) is 0 Å². The van der Waals surface area contributed by atoms with E-state index in [1.54, 1.807) is 7.11 Å². The maximum Gasteiger partial charge on any atom is 0.0609 e. The van der Waals surface area contributed by atoms with Gasteiger partial charge in [0.25, 0.3) is 0 Å². The molecule has 0 fully saturated rings. The topological polar surface area (TPSA) is 58.7 Å². The Morgan fingerprint density at radius 1 is 1.38 bits per heavy atom. The predicted octanol–water partition coefficient (Wildman–Crippen LogP) is 0.832. The lowest BCUT2D eigenvalue weighted by atomic mass is 9.94. The Labute approximate surface area is 99.8 Å². The minimum atomic E-state index is -0.500. The van der Waals surface area contributed by atoms with Gasteiger partial charge in [-0.15, -0.1) is 0 Å². The summed E-state index contributed by atoms with van der Waals surface area (Å²) in [6, 6.07) is 0.803. The van der Waals surface area contributed by atoms with E-state index in [1.165, 1.54) is 0 Å². The van der Waals surface area contributed by atoms with Crippen LogP contribution in [0.15, 0.2) is 0 Å². The van der Waals surface area contributed by atoms with Crippen molar-refractivity contribution in [2.75, 3.05) is 26.9 Å². The molecule has 0 aliphatic carbocycles. The third kappa shape index (κ3) is 5.80. The number of aliphatic hydroxyl groups is 1. The van der Waals surface area contributed by atoms with Gasteiger partial charge in [0, 0.05) is 31.3 Å². The van der Waals surface area contributed by atoms with Gasteiger partial charge in [-0.3, -0.25) is 4.90 Å². The summed E-state index contributed by atoms with van der Waals surface area (Å²) in [6.45, 7) is 10.0. The van der Waals surface area contributed by atoms with Crippen LogP contribution in [0.5, 0.6) is 0 Å². The molecular weight excluding hydrogens is 204 g/mol. The first-order valence-corrected chi connectivity index (χ1v) is 5.98. The third-order valence-electron chi connectivity index (χ3n) is 2.91. The average Bonchev–Trinajstić information content (AvgIpc) is 2.17. The van der Waals surface area contributed by atoms with E-state index < -0.39 is 5.54 Å². The van der Waals surface area contributed by atoms with Crippen LogP contribution in [-0.4, -0.2) is 54.5 Å². The molecule has 2 atom stereocenters. The van der Waals surface area contributed by atoms with Crippen LogP contribution in [0, 0.1) is 0 Å². The SMILES string of the molecule is COCCN(C(C)C)C(C)CC(C)(N)CO. The van der Waals surface area contributed by atoms with Crippen molar-refractivity contribution in [1.29, 1.82) is 0 Å². The van der Waals surface area contributed by atoms with Gasteiger partial charge in [0.2, 0.25) is 0 Å². The first kappa shape index (κ1) is 15.8. The summed E-state index contributed by atoms with van der Waals surface area (Å²) in [7, 11) is 1.71. The normalized spacial score (nSPS) is 17.8. The molecule has 0 rings (SSSR count). The fourth-order valence-corrected chi connectivity index (χ4v) is 2.04. The fraction of sp³-hybridized carbons (Fsp3) is 1.00. The molecule has 0 aliphatic heterocycles. The minimum Gasteiger partial charge on any atom is -0.394 e. The van der Waals surface area contributed by atoms with E-state index in [9.17, 15) is 5.11 Å². The van der Waals surface area contributed by atoms with Crippen molar-refractivity contribution < 1.29 is 9.84 Å². The highest BCUT2D eigenvalue weighted by atomic mass is 16.5. The van der Waals surface area contributed by atoms with Gasteiger partial charge in [0.15, 0.2) is 0 Å². The molecule has 0 heterocycles. The molecule has 4 heteroatoms. The van der Waals surface area contributed by atoms with E-state index >= 15 is 0 Å². The predicted molar refractivity (Wildman–Crippen MR) is 67.5 cm³/mol. The number of methoxy groups -OCH3 is 1. The average molecular weight is 232 g/mol. The molecule has 16 heavy (non-hydrogen) atoms. The van der Waals surface area contributed by atoms with Crippen molar-refractivity contribution >= 4 is 0 Å². The Hall–Kier alpha value is -0.160. The number of nitrogens with two attached hydrogens (primary N) is 1. The molecule has 0 aliphatic rings. The Kier molecular flexibility index (Phi) is 7.15. The first-order valence-electron chi connectivity index (χ1n) is 5.98. The van der Waals surface area contributed by atoms with Crippen molar-refractivity contribution in [2.45, 2.75) is 51.7 Å². The zero-order valence-electron chi connectivity index (χ0n) is 11.4. The van der Waals surface area contributed by atoms with E-state index in [1.807, 2.05) is 6.92 Å². The molecule has 0 aromatic rings. The lowest BCUT2D eigenvalue weighted by Gasteiger charge is -2.36. The number of ether oxygens (including phenoxy) is 1. The lowest BCUT2D eigenvalue weighted by Crippen LogP contribution is -2.49. The monoisotopic (exact) mass is 232 g/mol. The molecule has 0 amide bonds. The minimum absolute atomic E-state index is 0.0214. The summed E-state index contributed by atoms with van der Waals surface area (Å²) < 4.78 is 5.11. The molecule has 0 spiro atoms. The maximum atomic E-state index is 9.17. The quantitative estimate of drug-likeness (QED) is 0.651. The molecule has 2 unspecified atom stereocenters. The second-order valence-corrected chi connectivity index (χ2v) is 5.19. The molecule has 0 aromatic heterocycles. The fourth-order valence-electron chi connectivity index (χ4n) is 2.04. The summed E-state index contributed by atoms with van der Waals surface area (Å²) in [5, 5.41) is 9.17. The van der Waals surface area contributed by atoms with Crippen molar-refractivity contribution in [3.63, 3.8) is 0 Å². The zero-order chi connectivity index (χ0) is 12.8. The standard InChI is InChI=1S/C12H28N2O2/c1-10(2)14(6-7-16-5)11(3)8-12(4,13)9-15/h10-11,15H,6-9,13H2,1-5H3. The van der Waals surface area contributed by atoms with Crippen LogP contribution in [0.1, 0.15) is 34.1 Å². The summed E-state index contributed by atoms with van der Waals surface area (Å²) in [6.07, 6.45) is 0.783. The molecule has 4 nitrogen and oxygen atoms in total. The number of aliphatic hydroxyl groups excluding tert-OH is 1. The van der Waals surface area contributed by atoms with Gasteiger partial charge in [0.1, 0.15) is 0 Å². The third-order valence-corrected chi connectivity index (χ3v) is 2.91. The van der Waals surface area contributed by atoms with E-state index in [4.69, 9.17) is 10.5 Å². The van der Waals surface area contributed by atoms with Gasteiger partial charge < -0.3 is 15.6 Å². The summed E-state index contributed by atoms with van der Waals surface area (Å²) >= 11 is 0. The Bertz CT molecular complexity index is 184. The largest absolute Gasteiger partial charge is 0.394 e. The zero-order valence-corrected chi connectivity index (χ0v) is 11.4. The van der Waals surface area contributed by atoms with Crippen LogP contribution in [0.3, 0.4) is 0 Å². The lowest BCUT2D eigenvalue weighted by molar-refractivity contribution is 0.0799. The molecule has 0 bridgehead atoms. The van der Waals surface area contributed by atoms with Crippen molar-refractivity contribution in [3.05, 3.63) is 0 Å². The van der Waals surface area contributed by atoms with E-state index in [0.29, 0.717) is 12.1 Å². The Balaban J connectivity index is 4.32. The van der Waals surface area contributed by atoms with Crippen LogP contribution >= 0.6 is 0 Å². The van der Waals surface area contributed by atoms with E-state index in [2.05, 4.69) is 25.7 Å². The van der Waals surface area contributed by atoms with Gasteiger partial charge >= 0.3 is 0 Å². The molecule has 0 saturated carbocycles. The molecule has 98 valence electrons. The number of rotatable bonds is 8. The van der Waals surface area contributed by atoms with Crippen LogP contribution < -0.4 is 5.73 Å². The van der Waals surface area contributed by atoms with E-state index in [-0.39, 0.29) is 6.61 Å². The van der Waals surface area contributed by atoms with Gasteiger partial charge in [0.05, 0.1) is 13.2 Å².